The molecule has 0 fully saturated rings. The van der Waals surface area contributed by atoms with Crippen molar-refractivity contribution in [2.24, 2.45) is 7.05 Å². The molecule has 4 rings (SSSR count). The zero-order valence-electron chi connectivity index (χ0n) is 16.4. The molecule has 1 aromatic heterocycles. The van der Waals surface area contributed by atoms with Gasteiger partial charge in [-0.1, -0.05) is 47.6 Å². The summed E-state index contributed by atoms with van der Waals surface area (Å²) in [6.07, 6.45) is 0.0662. The van der Waals surface area contributed by atoms with Crippen molar-refractivity contribution in [3.05, 3.63) is 90.7 Å². The molecule has 1 atom stereocenters. The lowest BCUT2D eigenvalue weighted by Gasteiger charge is -2.27. The van der Waals surface area contributed by atoms with Gasteiger partial charge in [-0.3, -0.25) is 19.7 Å². The third kappa shape index (κ3) is 4.33. The van der Waals surface area contributed by atoms with Gasteiger partial charge in [0.05, 0.1) is 10.5 Å². The second kappa shape index (κ2) is 8.52. The number of nitrogens with one attached hydrogen (secondary N) is 1. The first kappa shape index (κ1) is 21.1. The Morgan fingerprint density at radius 1 is 1.26 bits per heavy atom. The van der Waals surface area contributed by atoms with Crippen molar-refractivity contribution >= 4 is 40.8 Å². The first-order valence-corrected chi connectivity index (χ1v) is 10.7. The molecule has 0 saturated heterocycles. The number of hydrogen-bond donors (Lipinski definition) is 1. The summed E-state index contributed by atoms with van der Waals surface area (Å²) < 4.78 is 1.70. The Kier molecular flexibility index (Phi) is 5.79. The molecule has 0 aliphatic carbocycles. The standard InChI is InChI=1S/C21H17ClN4O4S/c1-25-19-18(20(28)24-21(25)31-11-12-3-2-4-14(22)9-12)16(10-17(27)23-19)13-5-7-15(8-6-13)26(29)30/h2-9,16H,10-11H2,1H3,(H,23,27). The normalized spacial score (nSPS) is 15.3. The van der Waals surface area contributed by atoms with Crippen LogP contribution in [0.2, 0.25) is 5.02 Å². The van der Waals surface area contributed by atoms with Gasteiger partial charge >= 0.3 is 0 Å². The van der Waals surface area contributed by atoms with Crippen LogP contribution in [0.25, 0.3) is 0 Å². The summed E-state index contributed by atoms with van der Waals surface area (Å²) in [7, 11) is 1.74. The number of carbonyl (C=O) groups is 1. The summed E-state index contributed by atoms with van der Waals surface area (Å²) in [5.41, 5.74) is 1.54. The predicted octanol–water partition coefficient (Wildman–Crippen LogP) is 4.11. The molecule has 1 N–H and O–H groups in total. The van der Waals surface area contributed by atoms with Crippen LogP contribution in [0.3, 0.4) is 0 Å². The fraction of sp³-hybridized carbons (Fsp3) is 0.190. The highest BCUT2D eigenvalue weighted by Crippen LogP contribution is 2.36. The van der Waals surface area contributed by atoms with Gasteiger partial charge in [-0.15, -0.1) is 0 Å². The number of nitrogens with zero attached hydrogens (tertiary/aromatic N) is 3. The van der Waals surface area contributed by atoms with E-state index in [4.69, 9.17) is 11.6 Å². The summed E-state index contributed by atoms with van der Waals surface area (Å²) >= 11 is 7.40. The molecular formula is C21H17ClN4O4S. The highest BCUT2D eigenvalue weighted by atomic mass is 35.5. The Balaban J connectivity index is 1.69. The number of aromatic nitrogens is 2. The molecule has 10 heteroatoms. The lowest BCUT2D eigenvalue weighted by molar-refractivity contribution is -0.384. The maximum Gasteiger partial charge on any atom is 0.279 e. The molecular weight excluding hydrogens is 440 g/mol. The monoisotopic (exact) mass is 456 g/mol. The second-order valence-electron chi connectivity index (χ2n) is 7.09. The van der Waals surface area contributed by atoms with Crippen LogP contribution >= 0.6 is 23.4 Å². The molecule has 0 spiro atoms. The van der Waals surface area contributed by atoms with Crippen molar-refractivity contribution in [3.63, 3.8) is 0 Å². The van der Waals surface area contributed by atoms with Gasteiger partial charge in [0.15, 0.2) is 5.16 Å². The quantitative estimate of drug-likeness (QED) is 0.268. The largest absolute Gasteiger partial charge is 0.312 e. The molecule has 0 saturated carbocycles. The SMILES string of the molecule is Cn1c(SCc2cccc(Cl)c2)nc(=O)c2c1NC(=O)CC2c1ccc([N+](=O)[O-])cc1. The minimum Gasteiger partial charge on any atom is -0.312 e. The van der Waals surface area contributed by atoms with Crippen molar-refractivity contribution < 1.29 is 9.72 Å². The molecule has 1 unspecified atom stereocenters. The average molecular weight is 457 g/mol. The van der Waals surface area contributed by atoms with Crippen LogP contribution in [0.15, 0.2) is 58.5 Å². The maximum absolute atomic E-state index is 12.9. The zero-order chi connectivity index (χ0) is 22.1. The van der Waals surface area contributed by atoms with Crippen molar-refractivity contribution in [1.29, 1.82) is 0 Å². The second-order valence-corrected chi connectivity index (χ2v) is 8.47. The molecule has 2 aromatic carbocycles. The van der Waals surface area contributed by atoms with Gasteiger partial charge in [0.2, 0.25) is 5.91 Å². The van der Waals surface area contributed by atoms with E-state index in [1.807, 2.05) is 18.2 Å². The van der Waals surface area contributed by atoms with Crippen LogP contribution in [0.1, 0.15) is 29.0 Å². The molecule has 158 valence electrons. The van der Waals surface area contributed by atoms with Gasteiger partial charge in [0.25, 0.3) is 11.2 Å². The van der Waals surface area contributed by atoms with Gasteiger partial charge in [-0.05, 0) is 23.3 Å². The number of benzene rings is 2. The van der Waals surface area contributed by atoms with Crippen LogP contribution in [-0.2, 0) is 17.6 Å². The molecule has 0 radical (unpaired) electrons. The zero-order valence-corrected chi connectivity index (χ0v) is 17.9. The van der Waals surface area contributed by atoms with Crippen molar-refractivity contribution in [2.45, 2.75) is 23.2 Å². The minimum absolute atomic E-state index is 0.0528. The first-order valence-electron chi connectivity index (χ1n) is 9.36. The summed E-state index contributed by atoms with van der Waals surface area (Å²) in [6.45, 7) is 0. The number of nitro groups is 1. The minimum atomic E-state index is -0.525. The lowest BCUT2D eigenvalue weighted by atomic mass is 9.86. The molecule has 1 amide bonds. The molecule has 2 heterocycles. The van der Waals surface area contributed by atoms with Gasteiger partial charge in [-0.2, -0.15) is 4.98 Å². The Morgan fingerprint density at radius 2 is 2.00 bits per heavy atom. The Morgan fingerprint density at radius 3 is 2.68 bits per heavy atom. The number of non-ortho nitro benzene ring substituents is 1. The molecule has 0 bridgehead atoms. The fourth-order valence-corrected chi connectivity index (χ4v) is 4.67. The molecule has 3 aromatic rings. The van der Waals surface area contributed by atoms with Gasteiger partial charge in [0.1, 0.15) is 5.82 Å². The van der Waals surface area contributed by atoms with E-state index in [9.17, 15) is 19.7 Å². The Labute approximate surface area is 186 Å². The molecule has 1 aliphatic heterocycles. The highest BCUT2D eigenvalue weighted by molar-refractivity contribution is 7.98. The first-order chi connectivity index (χ1) is 14.8. The van der Waals surface area contributed by atoms with E-state index < -0.39 is 16.4 Å². The van der Waals surface area contributed by atoms with Gasteiger partial charge < -0.3 is 9.88 Å². The smallest absolute Gasteiger partial charge is 0.279 e. The number of carbonyl (C=O) groups excluding carboxylic acids is 1. The van der Waals surface area contributed by atoms with E-state index in [2.05, 4.69) is 10.3 Å². The Bertz CT molecular complexity index is 1240. The number of hydrogen-bond acceptors (Lipinski definition) is 6. The summed E-state index contributed by atoms with van der Waals surface area (Å²) in [5, 5.41) is 14.8. The third-order valence-electron chi connectivity index (χ3n) is 5.06. The van der Waals surface area contributed by atoms with E-state index in [-0.39, 0.29) is 18.0 Å². The number of anilines is 1. The lowest BCUT2D eigenvalue weighted by Crippen LogP contribution is -2.33. The number of nitro benzene ring substituents is 1. The van der Waals surface area contributed by atoms with Crippen LogP contribution in [-0.4, -0.2) is 20.4 Å². The summed E-state index contributed by atoms with van der Waals surface area (Å²) in [6, 6.07) is 13.3. The van der Waals surface area contributed by atoms with Gasteiger partial charge in [0, 0.05) is 42.3 Å². The third-order valence-corrected chi connectivity index (χ3v) is 6.40. The van der Waals surface area contributed by atoms with Crippen LogP contribution < -0.4 is 10.9 Å². The van der Waals surface area contributed by atoms with Gasteiger partial charge in [-0.25, -0.2) is 0 Å². The van der Waals surface area contributed by atoms with Crippen molar-refractivity contribution in [3.8, 4) is 0 Å². The average Bonchev–Trinajstić information content (AvgIpc) is 2.74. The number of halogens is 1. The molecule has 31 heavy (non-hydrogen) atoms. The van der Waals surface area contributed by atoms with Crippen LogP contribution in [0.5, 0.6) is 0 Å². The van der Waals surface area contributed by atoms with Crippen molar-refractivity contribution in [1.82, 2.24) is 9.55 Å². The van der Waals surface area contributed by atoms with Crippen LogP contribution in [0, 0.1) is 10.1 Å². The van der Waals surface area contributed by atoms with Crippen LogP contribution in [0.4, 0.5) is 11.5 Å². The number of amides is 1. The van der Waals surface area contributed by atoms with E-state index in [0.29, 0.717) is 32.9 Å². The Hall–Kier alpha value is -3.17. The van der Waals surface area contributed by atoms with E-state index in [1.54, 1.807) is 29.8 Å². The van der Waals surface area contributed by atoms with E-state index >= 15 is 0 Å². The fourth-order valence-electron chi connectivity index (χ4n) is 3.55. The maximum atomic E-state index is 12.9. The number of rotatable bonds is 5. The van der Waals surface area contributed by atoms with Crippen molar-refractivity contribution in [2.75, 3.05) is 5.32 Å². The molecule has 8 nitrogen and oxygen atoms in total. The summed E-state index contributed by atoms with van der Waals surface area (Å²) in [5.74, 6) is 0.193. The molecule has 1 aliphatic rings. The predicted molar refractivity (Wildman–Crippen MR) is 119 cm³/mol. The van der Waals surface area contributed by atoms with E-state index in [1.165, 1.54) is 23.9 Å². The highest BCUT2D eigenvalue weighted by Gasteiger charge is 2.32. The topological polar surface area (TPSA) is 107 Å². The summed E-state index contributed by atoms with van der Waals surface area (Å²) in [4.78, 5) is 40.0. The number of fused-ring (bicyclic) bond motifs is 1. The van der Waals surface area contributed by atoms with E-state index in [0.717, 1.165) is 5.56 Å². The number of thioether (sulfide) groups is 1.